The van der Waals surface area contributed by atoms with Gasteiger partial charge in [-0.25, -0.2) is 4.98 Å². The number of fused-ring (bicyclic) bond motifs is 1. The van der Waals surface area contributed by atoms with Crippen molar-refractivity contribution in [2.24, 2.45) is 0 Å². The van der Waals surface area contributed by atoms with E-state index in [1.807, 2.05) is 24.3 Å². The van der Waals surface area contributed by atoms with Gasteiger partial charge in [0.1, 0.15) is 12.1 Å². The quantitative estimate of drug-likeness (QED) is 0.258. The Labute approximate surface area is 219 Å². The Hall–Kier alpha value is -3.98. The SMILES string of the molecule is CC(C)(C)c1ccc(-c2ccc(-c3ccc(C(C)(C)C)cc3)c3[nH]c(-c4ccc(C=O)cc4)nc23)cc1. The second kappa shape index (κ2) is 9.15. The minimum Gasteiger partial charge on any atom is -0.337 e. The van der Waals surface area contributed by atoms with Crippen LogP contribution in [0.3, 0.4) is 0 Å². The first kappa shape index (κ1) is 24.7. The van der Waals surface area contributed by atoms with E-state index in [-0.39, 0.29) is 10.8 Å². The number of hydrogen-bond acceptors (Lipinski definition) is 2. The number of aromatic amines is 1. The molecule has 0 saturated carbocycles. The van der Waals surface area contributed by atoms with Gasteiger partial charge in [-0.1, -0.05) is 126 Å². The summed E-state index contributed by atoms with van der Waals surface area (Å²) in [5.74, 6) is 0.791. The average Bonchev–Trinajstić information content (AvgIpc) is 3.33. The smallest absolute Gasteiger partial charge is 0.150 e. The van der Waals surface area contributed by atoms with Crippen molar-refractivity contribution in [3.63, 3.8) is 0 Å². The molecule has 0 bridgehead atoms. The predicted octanol–water partition coefficient (Wildman–Crippen LogP) is 8.97. The van der Waals surface area contributed by atoms with E-state index in [2.05, 4.69) is 107 Å². The summed E-state index contributed by atoms with van der Waals surface area (Å²) in [5, 5.41) is 0. The molecule has 5 aromatic rings. The van der Waals surface area contributed by atoms with Crippen LogP contribution in [0.4, 0.5) is 0 Å². The van der Waals surface area contributed by atoms with Gasteiger partial charge in [-0.05, 0) is 33.1 Å². The molecular formula is C34H34N2O. The molecule has 3 heteroatoms. The molecule has 0 atom stereocenters. The van der Waals surface area contributed by atoms with E-state index in [9.17, 15) is 4.79 Å². The summed E-state index contributed by atoms with van der Waals surface area (Å²) >= 11 is 0. The summed E-state index contributed by atoms with van der Waals surface area (Å²) in [5.41, 5.74) is 10.9. The Morgan fingerprint density at radius 2 is 1.05 bits per heavy atom. The van der Waals surface area contributed by atoms with E-state index in [1.165, 1.54) is 11.1 Å². The van der Waals surface area contributed by atoms with Gasteiger partial charge in [-0.15, -0.1) is 0 Å². The summed E-state index contributed by atoms with van der Waals surface area (Å²) in [6.45, 7) is 13.4. The van der Waals surface area contributed by atoms with Gasteiger partial charge in [0, 0.05) is 22.3 Å². The molecule has 4 aromatic carbocycles. The number of hydrogen-bond donors (Lipinski definition) is 1. The number of carbonyl (C=O) groups excluding carboxylic acids is 1. The molecule has 3 nitrogen and oxygen atoms in total. The van der Waals surface area contributed by atoms with Gasteiger partial charge in [-0.2, -0.15) is 0 Å². The topological polar surface area (TPSA) is 45.8 Å². The molecule has 5 rings (SSSR count). The summed E-state index contributed by atoms with van der Waals surface area (Å²) in [4.78, 5) is 19.8. The second-order valence-electron chi connectivity index (χ2n) is 11.9. The molecule has 186 valence electrons. The van der Waals surface area contributed by atoms with Gasteiger partial charge in [0.25, 0.3) is 0 Å². The van der Waals surface area contributed by atoms with Crippen LogP contribution in [0.2, 0.25) is 0 Å². The Morgan fingerprint density at radius 1 is 0.595 bits per heavy atom. The molecule has 1 heterocycles. The number of H-pyrrole nitrogens is 1. The summed E-state index contributed by atoms with van der Waals surface area (Å²) in [7, 11) is 0. The first-order chi connectivity index (χ1) is 17.5. The van der Waals surface area contributed by atoms with Gasteiger partial charge in [0.2, 0.25) is 0 Å². The lowest BCUT2D eigenvalue weighted by atomic mass is 9.85. The van der Waals surface area contributed by atoms with E-state index < -0.39 is 0 Å². The average molecular weight is 487 g/mol. The molecule has 0 aliphatic rings. The lowest BCUT2D eigenvalue weighted by Gasteiger charge is -2.19. The van der Waals surface area contributed by atoms with Crippen molar-refractivity contribution in [2.45, 2.75) is 52.4 Å². The predicted molar refractivity (Wildman–Crippen MR) is 155 cm³/mol. The van der Waals surface area contributed by atoms with E-state index in [0.29, 0.717) is 5.56 Å². The van der Waals surface area contributed by atoms with E-state index >= 15 is 0 Å². The molecule has 0 unspecified atom stereocenters. The molecule has 0 spiro atoms. The standard InChI is InChI=1S/C34H34N2O/c1-33(2,3)26-15-11-23(12-16-26)28-19-20-29(24-13-17-27(18-14-24)34(4,5)6)31-30(28)35-32(36-31)25-9-7-22(21-37)8-10-25/h7-21H,1-6H3,(H,35,36). The lowest BCUT2D eigenvalue weighted by molar-refractivity contribution is 0.112. The van der Waals surface area contributed by atoms with Crippen molar-refractivity contribution >= 4 is 17.3 Å². The molecule has 0 radical (unpaired) electrons. The fourth-order valence-corrected chi connectivity index (χ4v) is 4.72. The zero-order valence-corrected chi connectivity index (χ0v) is 22.5. The van der Waals surface area contributed by atoms with Gasteiger partial charge in [-0.3, -0.25) is 4.79 Å². The number of benzene rings is 4. The molecular weight excluding hydrogens is 452 g/mol. The molecule has 0 fully saturated rings. The Morgan fingerprint density at radius 3 is 1.54 bits per heavy atom. The van der Waals surface area contributed by atoms with Crippen LogP contribution >= 0.6 is 0 Å². The maximum absolute atomic E-state index is 11.1. The van der Waals surface area contributed by atoms with E-state index in [0.717, 1.165) is 51.0 Å². The lowest BCUT2D eigenvalue weighted by Crippen LogP contribution is -2.10. The van der Waals surface area contributed by atoms with Crippen LogP contribution in [-0.2, 0) is 10.8 Å². The van der Waals surface area contributed by atoms with Crippen LogP contribution < -0.4 is 0 Å². The Kier molecular flexibility index (Phi) is 6.11. The highest BCUT2D eigenvalue weighted by Gasteiger charge is 2.18. The molecule has 0 aliphatic heterocycles. The number of aldehydes is 1. The van der Waals surface area contributed by atoms with Gasteiger partial charge in [0.15, 0.2) is 0 Å². The number of aromatic nitrogens is 2. The molecule has 0 amide bonds. The maximum atomic E-state index is 11.1. The zero-order valence-electron chi connectivity index (χ0n) is 22.5. The highest BCUT2D eigenvalue weighted by Crippen LogP contribution is 2.37. The highest BCUT2D eigenvalue weighted by molar-refractivity contribution is 6.02. The fraction of sp³-hybridized carbons (Fsp3) is 0.235. The van der Waals surface area contributed by atoms with Crippen LogP contribution in [0, 0.1) is 0 Å². The number of imidazole rings is 1. The largest absolute Gasteiger partial charge is 0.337 e. The van der Waals surface area contributed by atoms with E-state index in [1.54, 1.807) is 0 Å². The minimum atomic E-state index is 0.101. The summed E-state index contributed by atoms with van der Waals surface area (Å²) in [6, 6.07) is 29.6. The Balaban J connectivity index is 1.68. The van der Waals surface area contributed by atoms with Crippen molar-refractivity contribution in [3.8, 4) is 33.6 Å². The third kappa shape index (κ3) is 4.86. The number of nitrogens with one attached hydrogen (secondary N) is 1. The van der Waals surface area contributed by atoms with Gasteiger partial charge in [0.05, 0.1) is 11.0 Å². The summed E-state index contributed by atoms with van der Waals surface area (Å²) < 4.78 is 0. The normalized spacial score (nSPS) is 12.2. The first-order valence-corrected chi connectivity index (χ1v) is 12.8. The molecule has 0 saturated heterocycles. The highest BCUT2D eigenvalue weighted by atomic mass is 16.1. The van der Waals surface area contributed by atoms with Crippen molar-refractivity contribution in [2.75, 3.05) is 0 Å². The van der Waals surface area contributed by atoms with Gasteiger partial charge >= 0.3 is 0 Å². The van der Waals surface area contributed by atoms with Crippen LogP contribution in [0.15, 0.2) is 84.9 Å². The number of nitrogens with zero attached hydrogens (tertiary/aromatic N) is 1. The van der Waals surface area contributed by atoms with Crippen LogP contribution in [0.25, 0.3) is 44.7 Å². The van der Waals surface area contributed by atoms with E-state index in [4.69, 9.17) is 4.98 Å². The molecule has 0 aliphatic carbocycles. The molecule has 37 heavy (non-hydrogen) atoms. The monoisotopic (exact) mass is 486 g/mol. The molecule has 1 N–H and O–H groups in total. The Bertz CT molecular complexity index is 1460. The first-order valence-electron chi connectivity index (χ1n) is 12.8. The van der Waals surface area contributed by atoms with Crippen LogP contribution in [0.5, 0.6) is 0 Å². The van der Waals surface area contributed by atoms with Crippen LogP contribution in [-0.4, -0.2) is 16.3 Å². The van der Waals surface area contributed by atoms with Crippen molar-refractivity contribution in [3.05, 3.63) is 102 Å². The number of carbonyl (C=O) groups is 1. The number of rotatable bonds is 4. The minimum absolute atomic E-state index is 0.101. The fourth-order valence-electron chi connectivity index (χ4n) is 4.72. The summed E-state index contributed by atoms with van der Waals surface area (Å²) in [6.07, 6.45) is 0.862. The maximum Gasteiger partial charge on any atom is 0.150 e. The second-order valence-corrected chi connectivity index (χ2v) is 11.9. The van der Waals surface area contributed by atoms with Crippen molar-refractivity contribution < 1.29 is 4.79 Å². The van der Waals surface area contributed by atoms with Crippen LogP contribution in [0.1, 0.15) is 63.0 Å². The third-order valence-electron chi connectivity index (χ3n) is 7.09. The third-order valence-corrected chi connectivity index (χ3v) is 7.09. The zero-order chi connectivity index (χ0) is 26.4. The van der Waals surface area contributed by atoms with Crippen molar-refractivity contribution in [1.82, 2.24) is 9.97 Å². The molecule has 1 aromatic heterocycles. The van der Waals surface area contributed by atoms with Crippen molar-refractivity contribution in [1.29, 1.82) is 0 Å². The van der Waals surface area contributed by atoms with Gasteiger partial charge < -0.3 is 4.98 Å².